The lowest BCUT2D eigenvalue weighted by Gasteiger charge is -2.16. The van der Waals surface area contributed by atoms with Gasteiger partial charge in [0.25, 0.3) is 0 Å². The fraction of sp³-hybridized carbons (Fsp3) is 0.167. The molecule has 0 bridgehead atoms. The maximum absolute atomic E-state index is 12.4. The fourth-order valence-corrected chi connectivity index (χ4v) is 4.25. The van der Waals surface area contributed by atoms with E-state index in [0.29, 0.717) is 27.0 Å². The Hall–Kier alpha value is -2.45. The van der Waals surface area contributed by atoms with Crippen LogP contribution in [0.1, 0.15) is 28.2 Å². The minimum absolute atomic E-state index is 0.0858. The van der Waals surface area contributed by atoms with Crippen molar-refractivity contribution in [3.05, 3.63) is 99.0 Å². The van der Waals surface area contributed by atoms with Crippen molar-refractivity contribution >= 4 is 46.6 Å². The average Bonchev–Trinajstić information content (AvgIpc) is 2.74. The molecule has 3 rings (SSSR count). The Kier molecular flexibility index (Phi) is 7.81. The molecule has 1 atom stereocenters. The topological polar surface area (TPSA) is 52.9 Å². The van der Waals surface area contributed by atoms with Gasteiger partial charge in [0.1, 0.15) is 0 Å². The van der Waals surface area contributed by atoms with Crippen LogP contribution in [-0.2, 0) is 10.5 Å². The van der Waals surface area contributed by atoms with Crippen LogP contribution in [0, 0.1) is 18.3 Å². The molecule has 3 aromatic carbocycles. The number of aryl methyl sites for hydroxylation is 1. The van der Waals surface area contributed by atoms with Crippen molar-refractivity contribution < 1.29 is 4.79 Å². The zero-order chi connectivity index (χ0) is 21.5. The third-order valence-corrected chi connectivity index (χ3v) is 6.19. The van der Waals surface area contributed by atoms with E-state index in [1.165, 1.54) is 5.56 Å². The average molecular weight is 455 g/mol. The fourth-order valence-electron chi connectivity index (χ4n) is 3.06. The van der Waals surface area contributed by atoms with Crippen LogP contribution in [-0.4, -0.2) is 11.7 Å². The lowest BCUT2D eigenvalue weighted by Crippen LogP contribution is -2.15. The number of anilines is 1. The van der Waals surface area contributed by atoms with E-state index in [4.69, 9.17) is 23.2 Å². The summed E-state index contributed by atoms with van der Waals surface area (Å²) >= 11 is 14.0. The molecule has 0 saturated carbocycles. The van der Waals surface area contributed by atoms with E-state index in [0.717, 1.165) is 16.9 Å². The minimum Gasteiger partial charge on any atom is -0.325 e. The molecule has 1 N–H and O–H groups in total. The molecular formula is C24H20Cl2N2OS. The second kappa shape index (κ2) is 10.5. The molecule has 0 aliphatic carbocycles. The second-order valence-corrected chi connectivity index (χ2v) is 8.66. The summed E-state index contributed by atoms with van der Waals surface area (Å²) in [6, 6.07) is 23.1. The zero-order valence-corrected chi connectivity index (χ0v) is 18.7. The first-order valence-electron chi connectivity index (χ1n) is 9.34. The molecule has 1 amide bonds. The number of thioether (sulfide) groups is 1. The molecule has 3 nitrogen and oxygen atoms in total. The highest BCUT2D eigenvalue weighted by molar-refractivity contribution is 7.99. The first-order chi connectivity index (χ1) is 14.5. The number of carbonyl (C=O) groups excluding carboxylic acids is 1. The molecule has 0 spiro atoms. The Morgan fingerprint density at radius 3 is 2.47 bits per heavy atom. The number of hydrogen-bond acceptors (Lipinski definition) is 3. The van der Waals surface area contributed by atoms with E-state index in [1.54, 1.807) is 30.0 Å². The van der Waals surface area contributed by atoms with E-state index in [-0.39, 0.29) is 5.91 Å². The summed E-state index contributed by atoms with van der Waals surface area (Å²) in [5.41, 5.74) is 4.21. The maximum Gasteiger partial charge on any atom is 0.234 e. The molecule has 0 fully saturated rings. The summed E-state index contributed by atoms with van der Waals surface area (Å²) in [6.07, 6.45) is 0. The number of amides is 1. The summed E-state index contributed by atoms with van der Waals surface area (Å²) in [6.45, 7) is 1.89. The SMILES string of the molecule is Cc1cc([C@H](C#N)c2ccc(Cl)cc2)c(Cl)cc1NC(=O)CSCc1ccccc1. The molecule has 30 heavy (non-hydrogen) atoms. The van der Waals surface area contributed by atoms with E-state index < -0.39 is 5.92 Å². The molecule has 0 radical (unpaired) electrons. The van der Waals surface area contributed by atoms with Gasteiger partial charge in [0.15, 0.2) is 0 Å². The number of nitrogens with one attached hydrogen (secondary N) is 1. The third-order valence-electron chi connectivity index (χ3n) is 4.61. The highest BCUT2D eigenvalue weighted by Crippen LogP contribution is 2.34. The quantitative estimate of drug-likeness (QED) is 0.425. The van der Waals surface area contributed by atoms with E-state index in [1.807, 2.05) is 55.5 Å². The molecule has 0 unspecified atom stereocenters. The van der Waals surface area contributed by atoms with Crippen LogP contribution in [0.15, 0.2) is 66.7 Å². The van der Waals surface area contributed by atoms with Crippen molar-refractivity contribution in [1.29, 1.82) is 5.26 Å². The maximum atomic E-state index is 12.4. The zero-order valence-electron chi connectivity index (χ0n) is 16.4. The van der Waals surface area contributed by atoms with Crippen molar-refractivity contribution in [2.75, 3.05) is 11.1 Å². The van der Waals surface area contributed by atoms with Gasteiger partial charge in [-0.15, -0.1) is 11.8 Å². The van der Waals surface area contributed by atoms with Crippen LogP contribution in [0.25, 0.3) is 0 Å². The molecule has 0 aromatic heterocycles. The van der Waals surface area contributed by atoms with Crippen molar-refractivity contribution in [2.24, 2.45) is 0 Å². The summed E-state index contributed by atoms with van der Waals surface area (Å²) in [7, 11) is 0. The van der Waals surface area contributed by atoms with E-state index in [2.05, 4.69) is 11.4 Å². The number of halogens is 2. The van der Waals surface area contributed by atoms with Gasteiger partial charge in [0.2, 0.25) is 5.91 Å². The first kappa shape index (κ1) is 22.2. The van der Waals surface area contributed by atoms with Gasteiger partial charge in [-0.1, -0.05) is 71.7 Å². The second-order valence-electron chi connectivity index (χ2n) is 6.83. The van der Waals surface area contributed by atoms with Gasteiger partial charge in [-0.2, -0.15) is 5.26 Å². The van der Waals surface area contributed by atoms with Crippen molar-refractivity contribution in [1.82, 2.24) is 0 Å². The van der Waals surface area contributed by atoms with Gasteiger partial charge in [0.05, 0.1) is 17.7 Å². The lowest BCUT2D eigenvalue weighted by molar-refractivity contribution is -0.113. The van der Waals surface area contributed by atoms with Crippen LogP contribution < -0.4 is 5.32 Å². The third kappa shape index (κ3) is 5.79. The molecule has 6 heteroatoms. The molecule has 152 valence electrons. The van der Waals surface area contributed by atoms with Gasteiger partial charge in [0, 0.05) is 21.5 Å². The van der Waals surface area contributed by atoms with Crippen molar-refractivity contribution in [2.45, 2.75) is 18.6 Å². The normalized spacial score (nSPS) is 11.5. The van der Waals surface area contributed by atoms with Gasteiger partial charge < -0.3 is 5.32 Å². The number of carbonyl (C=O) groups is 1. The molecule has 0 saturated heterocycles. The van der Waals surface area contributed by atoms with Crippen LogP contribution in [0.4, 0.5) is 5.69 Å². The van der Waals surface area contributed by atoms with Gasteiger partial charge in [-0.3, -0.25) is 4.79 Å². The van der Waals surface area contributed by atoms with Crippen LogP contribution in [0.2, 0.25) is 10.0 Å². The van der Waals surface area contributed by atoms with Gasteiger partial charge in [-0.05, 0) is 47.4 Å². The molecule has 3 aromatic rings. The minimum atomic E-state index is -0.514. The van der Waals surface area contributed by atoms with E-state index in [9.17, 15) is 10.1 Å². The predicted molar refractivity (Wildman–Crippen MR) is 126 cm³/mol. The number of hydrogen-bond donors (Lipinski definition) is 1. The first-order valence-corrected chi connectivity index (χ1v) is 11.3. The number of nitrogens with zero attached hydrogens (tertiary/aromatic N) is 1. The Labute approximate surface area is 191 Å². The monoisotopic (exact) mass is 454 g/mol. The Morgan fingerprint density at radius 2 is 1.80 bits per heavy atom. The van der Waals surface area contributed by atoms with Crippen LogP contribution >= 0.6 is 35.0 Å². The number of benzene rings is 3. The standard InChI is InChI=1S/C24H20Cl2N2OS/c1-16-11-20(21(13-27)18-7-9-19(25)10-8-18)22(26)12-23(16)28-24(29)15-30-14-17-5-3-2-4-6-17/h2-12,21H,14-15H2,1H3,(H,28,29)/t21-/m1/s1. The summed E-state index contributed by atoms with van der Waals surface area (Å²) in [5.74, 6) is 0.522. The van der Waals surface area contributed by atoms with E-state index >= 15 is 0 Å². The smallest absolute Gasteiger partial charge is 0.234 e. The summed E-state index contributed by atoms with van der Waals surface area (Å²) in [4.78, 5) is 12.4. The number of rotatable bonds is 7. The van der Waals surface area contributed by atoms with Gasteiger partial charge >= 0.3 is 0 Å². The van der Waals surface area contributed by atoms with Crippen LogP contribution in [0.5, 0.6) is 0 Å². The largest absolute Gasteiger partial charge is 0.325 e. The Bertz CT molecular complexity index is 1060. The van der Waals surface area contributed by atoms with Crippen molar-refractivity contribution in [3.8, 4) is 6.07 Å². The molecule has 0 heterocycles. The Balaban J connectivity index is 1.68. The highest BCUT2D eigenvalue weighted by atomic mass is 35.5. The molecular weight excluding hydrogens is 435 g/mol. The lowest BCUT2D eigenvalue weighted by atomic mass is 9.91. The van der Waals surface area contributed by atoms with Crippen molar-refractivity contribution in [3.63, 3.8) is 0 Å². The summed E-state index contributed by atoms with van der Waals surface area (Å²) < 4.78 is 0. The summed E-state index contributed by atoms with van der Waals surface area (Å²) in [5, 5.41) is 13.7. The predicted octanol–water partition coefficient (Wildman–Crippen LogP) is 6.83. The molecule has 0 aliphatic rings. The van der Waals surface area contributed by atoms with Gasteiger partial charge in [-0.25, -0.2) is 0 Å². The Morgan fingerprint density at radius 1 is 1.10 bits per heavy atom. The van der Waals surface area contributed by atoms with Crippen LogP contribution in [0.3, 0.4) is 0 Å². The molecule has 0 aliphatic heterocycles. The highest BCUT2D eigenvalue weighted by Gasteiger charge is 2.19. The number of nitriles is 1.